The van der Waals surface area contributed by atoms with E-state index in [0.29, 0.717) is 17.4 Å². The van der Waals surface area contributed by atoms with Crippen molar-refractivity contribution in [2.24, 2.45) is 11.8 Å². The maximum Gasteiger partial charge on any atom is 0.330 e. The first kappa shape index (κ1) is 13.1. The molecular weight excluding hydrogens is 232 g/mol. The van der Waals surface area contributed by atoms with Crippen molar-refractivity contribution in [2.75, 3.05) is 0 Å². The van der Waals surface area contributed by atoms with Crippen LogP contribution >= 0.6 is 0 Å². The molecule has 0 amide bonds. The molecule has 18 heavy (non-hydrogen) atoms. The summed E-state index contributed by atoms with van der Waals surface area (Å²) in [6, 6.07) is 0. The molecule has 1 aromatic rings. The summed E-state index contributed by atoms with van der Waals surface area (Å²) in [4.78, 5) is 25.4. The Labute approximate surface area is 106 Å². The van der Waals surface area contributed by atoms with E-state index in [9.17, 15) is 9.59 Å². The molecule has 0 aromatic carbocycles. The van der Waals surface area contributed by atoms with Gasteiger partial charge in [-0.05, 0) is 25.2 Å². The van der Waals surface area contributed by atoms with Gasteiger partial charge in [0.25, 0.3) is 5.56 Å². The van der Waals surface area contributed by atoms with Crippen molar-refractivity contribution < 1.29 is 4.74 Å². The van der Waals surface area contributed by atoms with Crippen molar-refractivity contribution in [3.8, 4) is 0 Å². The third kappa shape index (κ3) is 2.27. The second-order valence-electron chi connectivity index (χ2n) is 5.49. The smallest absolute Gasteiger partial charge is 0.330 e. The number of aromatic nitrogens is 2. The van der Waals surface area contributed by atoms with Gasteiger partial charge in [0.15, 0.2) is 0 Å². The van der Waals surface area contributed by atoms with Crippen molar-refractivity contribution >= 4 is 0 Å². The minimum Gasteiger partial charge on any atom is -0.354 e. The molecule has 2 rings (SSSR count). The maximum atomic E-state index is 11.8. The maximum absolute atomic E-state index is 11.8. The molecule has 0 spiro atoms. The van der Waals surface area contributed by atoms with Crippen LogP contribution in [0.3, 0.4) is 0 Å². The molecule has 1 aliphatic heterocycles. The number of aryl methyl sites for hydroxylation is 1. The molecule has 100 valence electrons. The van der Waals surface area contributed by atoms with Crippen LogP contribution in [0.5, 0.6) is 0 Å². The second kappa shape index (κ2) is 4.72. The Morgan fingerprint density at radius 1 is 1.44 bits per heavy atom. The molecule has 0 saturated carbocycles. The number of H-pyrrole nitrogens is 1. The lowest BCUT2D eigenvalue weighted by Crippen LogP contribution is -2.33. The predicted molar refractivity (Wildman–Crippen MR) is 68.6 cm³/mol. The van der Waals surface area contributed by atoms with Gasteiger partial charge in [-0.3, -0.25) is 14.3 Å². The molecule has 0 aliphatic carbocycles. The summed E-state index contributed by atoms with van der Waals surface area (Å²) in [6.07, 6.45) is 2.28. The molecule has 1 fully saturated rings. The van der Waals surface area contributed by atoms with E-state index in [-0.39, 0.29) is 17.9 Å². The zero-order valence-corrected chi connectivity index (χ0v) is 11.3. The van der Waals surface area contributed by atoms with Crippen molar-refractivity contribution in [1.82, 2.24) is 9.55 Å². The van der Waals surface area contributed by atoms with Gasteiger partial charge in [-0.2, -0.15) is 0 Å². The van der Waals surface area contributed by atoms with Crippen LogP contribution in [0.25, 0.3) is 0 Å². The fraction of sp³-hybridized carbons (Fsp3) is 0.692. The molecule has 3 atom stereocenters. The molecule has 5 heteroatoms. The van der Waals surface area contributed by atoms with Gasteiger partial charge in [0.05, 0.1) is 6.10 Å². The summed E-state index contributed by atoms with van der Waals surface area (Å²) in [5.74, 6) is 0.832. The summed E-state index contributed by atoms with van der Waals surface area (Å²) in [5.41, 5.74) is -0.200. The third-order valence-corrected chi connectivity index (χ3v) is 3.56. The molecule has 5 nitrogen and oxygen atoms in total. The fourth-order valence-corrected chi connectivity index (χ4v) is 2.62. The van der Waals surface area contributed by atoms with Crippen LogP contribution in [0.1, 0.15) is 39.0 Å². The minimum atomic E-state index is -0.396. The molecule has 0 unspecified atom stereocenters. The minimum absolute atomic E-state index is 0.161. The Kier molecular flexibility index (Phi) is 3.43. The SMILES string of the molecule is Cc1cn([C@H]2C[C@@H](C)[C@@H](C(C)C)O2)c(=O)[nH]c1=O. The van der Waals surface area contributed by atoms with Crippen LogP contribution in [-0.2, 0) is 4.74 Å². The highest BCUT2D eigenvalue weighted by Gasteiger charge is 2.35. The van der Waals surface area contributed by atoms with Crippen LogP contribution in [-0.4, -0.2) is 15.7 Å². The standard InChI is InChI=1S/C13H20N2O3/c1-7(2)11-8(3)5-10(18-11)15-6-9(4)12(16)14-13(15)17/h6-8,10-11H,5H2,1-4H3,(H,14,16,17)/t8-,10-,11-/m1/s1. The molecule has 1 aromatic heterocycles. The first-order valence-electron chi connectivity index (χ1n) is 6.37. The van der Waals surface area contributed by atoms with Gasteiger partial charge in [0.1, 0.15) is 6.23 Å². The van der Waals surface area contributed by atoms with E-state index in [1.807, 2.05) is 0 Å². The Bertz CT molecular complexity index is 544. The molecule has 0 radical (unpaired) electrons. The Hall–Kier alpha value is -1.36. The van der Waals surface area contributed by atoms with Crippen molar-refractivity contribution in [1.29, 1.82) is 0 Å². The highest BCUT2D eigenvalue weighted by Crippen LogP contribution is 2.35. The van der Waals surface area contributed by atoms with E-state index in [0.717, 1.165) is 6.42 Å². The number of ether oxygens (including phenoxy) is 1. The van der Waals surface area contributed by atoms with Crippen LogP contribution in [0.4, 0.5) is 0 Å². The average Bonchev–Trinajstić information content (AvgIpc) is 2.65. The van der Waals surface area contributed by atoms with Crippen LogP contribution < -0.4 is 11.2 Å². The largest absolute Gasteiger partial charge is 0.354 e. The first-order chi connectivity index (χ1) is 8.40. The van der Waals surface area contributed by atoms with E-state index in [4.69, 9.17) is 4.74 Å². The number of hydrogen-bond donors (Lipinski definition) is 1. The first-order valence-corrected chi connectivity index (χ1v) is 6.37. The van der Waals surface area contributed by atoms with Gasteiger partial charge in [-0.1, -0.05) is 20.8 Å². The van der Waals surface area contributed by atoms with E-state index in [2.05, 4.69) is 25.8 Å². The third-order valence-electron chi connectivity index (χ3n) is 3.56. The summed E-state index contributed by atoms with van der Waals surface area (Å²) < 4.78 is 7.43. The van der Waals surface area contributed by atoms with Gasteiger partial charge < -0.3 is 4.74 Å². The number of nitrogens with zero attached hydrogens (tertiary/aromatic N) is 1. The predicted octanol–water partition coefficient (Wildman–Crippen LogP) is 1.42. The van der Waals surface area contributed by atoms with Crippen LogP contribution in [0.2, 0.25) is 0 Å². The van der Waals surface area contributed by atoms with Gasteiger partial charge >= 0.3 is 5.69 Å². The Morgan fingerprint density at radius 2 is 2.11 bits per heavy atom. The van der Waals surface area contributed by atoms with Gasteiger partial charge in [-0.25, -0.2) is 4.79 Å². The zero-order valence-electron chi connectivity index (χ0n) is 11.3. The van der Waals surface area contributed by atoms with Gasteiger partial charge in [0, 0.05) is 11.8 Å². The highest BCUT2D eigenvalue weighted by atomic mass is 16.5. The van der Waals surface area contributed by atoms with Crippen LogP contribution in [0.15, 0.2) is 15.8 Å². The van der Waals surface area contributed by atoms with E-state index < -0.39 is 5.69 Å². The monoisotopic (exact) mass is 252 g/mol. The summed E-state index contributed by atoms with van der Waals surface area (Å²) in [7, 11) is 0. The summed E-state index contributed by atoms with van der Waals surface area (Å²) >= 11 is 0. The number of aromatic amines is 1. The fourth-order valence-electron chi connectivity index (χ4n) is 2.62. The van der Waals surface area contributed by atoms with Crippen molar-refractivity contribution in [3.63, 3.8) is 0 Å². The summed E-state index contributed by atoms with van der Waals surface area (Å²) in [5, 5.41) is 0. The summed E-state index contributed by atoms with van der Waals surface area (Å²) in [6.45, 7) is 8.05. The molecule has 2 heterocycles. The highest BCUT2D eigenvalue weighted by molar-refractivity contribution is 5.01. The number of hydrogen-bond acceptors (Lipinski definition) is 3. The van der Waals surface area contributed by atoms with E-state index in [1.54, 1.807) is 13.1 Å². The van der Waals surface area contributed by atoms with Crippen molar-refractivity contribution in [2.45, 2.75) is 46.4 Å². The van der Waals surface area contributed by atoms with Gasteiger partial charge in [0.2, 0.25) is 0 Å². The molecule has 1 saturated heterocycles. The van der Waals surface area contributed by atoms with Crippen molar-refractivity contribution in [3.05, 3.63) is 32.6 Å². The topological polar surface area (TPSA) is 64.1 Å². The molecule has 1 N–H and O–H groups in total. The molecule has 1 aliphatic rings. The average molecular weight is 252 g/mol. The second-order valence-corrected chi connectivity index (χ2v) is 5.49. The van der Waals surface area contributed by atoms with Crippen LogP contribution in [0, 0.1) is 18.8 Å². The van der Waals surface area contributed by atoms with E-state index >= 15 is 0 Å². The normalized spacial score (nSPS) is 27.9. The molecule has 0 bridgehead atoms. The quantitative estimate of drug-likeness (QED) is 0.866. The molecular formula is C13H20N2O3. The lowest BCUT2D eigenvalue weighted by atomic mass is 9.94. The van der Waals surface area contributed by atoms with Gasteiger partial charge in [-0.15, -0.1) is 0 Å². The number of nitrogens with one attached hydrogen (secondary N) is 1. The van der Waals surface area contributed by atoms with E-state index in [1.165, 1.54) is 4.57 Å². The zero-order chi connectivity index (χ0) is 13.4. The lowest BCUT2D eigenvalue weighted by Gasteiger charge is -2.19. The Balaban J connectivity index is 2.32. The lowest BCUT2D eigenvalue weighted by molar-refractivity contribution is -0.0277. The Morgan fingerprint density at radius 3 is 2.67 bits per heavy atom. The number of rotatable bonds is 2.